The maximum atomic E-state index is 9.00. The van der Waals surface area contributed by atoms with Gasteiger partial charge in [0.2, 0.25) is 0 Å². The van der Waals surface area contributed by atoms with Crippen molar-refractivity contribution in [2.24, 2.45) is 11.5 Å². The smallest absolute Gasteiger partial charge is 0.300 e. The molecule has 0 aromatic carbocycles. The summed E-state index contributed by atoms with van der Waals surface area (Å²) in [5.74, 6) is -3.33. The molecule has 0 heterocycles. The molecule has 0 aliphatic heterocycles. The van der Waals surface area contributed by atoms with E-state index in [4.69, 9.17) is 51.1 Å². The van der Waals surface area contributed by atoms with Crippen LogP contribution in [-0.2, 0) is 19.2 Å². The van der Waals surface area contributed by atoms with Gasteiger partial charge in [0, 0.05) is 57.3 Å². The van der Waals surface area contributed by atoms with E-state index in [1.165, 1.54) is 19.3 Å². The van der Waals surface area contributed by atoms with E-state index in [0.29, 0.717) is 0 Å². The Morgan fingerprint density at radius 2 is 0.800 bits per heavy atom. The van der Waals surface area contributed by atoms with Gasteiger partial charge in [0.25, 0.3) is 23.9 Å². The van der Waals surface area contributed by atoms with Crippen LogP contribution in [0, 0.1) is 0 Å². The fraction of sp³-hybridized carbons (Fsp3) is 0.714. The van der Waals surface area contributed by atoms with E-state index >= 15 is 0 Å². The van der Waals surface area contributed by atoms with Crippen LogP contribution in [0.15, 0.2) is 0 Å². The zero-order valence-electron chi connectivity index (χ0n) is 15.6. The maximum Gasteiger partial charge on any atom is 0.300 e. The summed E-state index contributed by atoms with van der Waals surface area (Å²) in [6.07, 6.45) is 5.76. The minimum Gasteiger partial charge on any atom is -0.481 e. The number of carboxylic acids is 4. The van der Waals surface area contributed by atoms with Crippen LogP contribution >= 0.6 is 0 Å². The van der Waals surface area contributed by atoms with Gasteiger partial charge in [-0.1, -0.05) is 19.3 Å². The van der Waals surface area contributed by atoms with Crippen molar-refractivity contribution in [3.05, 3.63) is 0 Å². The van der Waals surface area contributed by atoms with Gasteiger partial charge in [0.15, 0.2) is 0 Å². The minimum atomic E-state index is -0.833. The van der Waals surface area contributed by atoms with Gasteiger partial charge in [-0.25, -0.2) is 0 Å². The van der Waals surface area contributed by atoms with E-state index < -0.39 is 23.9 Å². The average molecular weight is 377 g/mol. The van der Waals surface area contributed by atoms with Gasteiger partial charge in [-0.2, -0.15) is 0 Å². The standard InChI is InChI=1S/C6H14N2.4C2H4O2.Na/c7-6(8)4-2-1-3-5-6;4*1-2(3)4;/h1-5,7-8H2;4*1H3,(H,3,4);. The largest absolute Gasteiger partial charge is 0.481 e. The molecular formula is C14H30N2NaO8. The zero-order valence-corrected chi connectivity index (χ0v) is 17.6. The molecule has 8 N–H and O–H groups in total. The Balaban J connectivity index is -0.0000000695. The molecule has 1 radical (unpaired) electrons. The van der Waals surface area contributed by atoms with Gasteiger partial charge < -0.3 is 31.9 Å². The van der Waals surface area contributed by atoms with Gasteiger partial charge in [0.1, 0.15) is 0 Å². The first-order chi connectivity index (χ1) is 10.6. The summed E-state index contributed by atoms with van der Waals surface area (Å²) in [4.78, 5) is 36.0. The average Bonchev–Trinajstić information content (AvgIpc) is 2.24. The van der Waals surface area contributed by atoms with Crippen molar-refractivity contribution in [1.29, 1.82) is 0 Å². The monoisotopic (exact) mass is 377 g/mol. The van der Waals surface area contributed by atoms with Crippen molar-refractivity contribution in [1.82, 2.24) is 0 Å². The second kappa shape index (κ2) is 22.8. The first-order valence-electron chi connectivity index (χ1n) is 7.00. The molecule has 1 saturated carbocycles. The molecule has 1 fully saturated rings. The van der Waals surface area contributed by atoms with Gasteiger partial charge >= 0.3 is 0 Å². The number of aliphatic carboxylic acids is 4. The molecule has 1 aliphatic carbocycles. The summed E-state index contributed by atoms with van der Waals surface area (Å²) < 4.78 is 0. The molecule has 0 unspecified atom stereocenters. The summed E-state index contributed by atoms with van der Waals surface area (Å²) in [6.45, 7) is 4.33. The molecule has 0 aromatic heterocycles. The molecule has 0 spiro atoms. The van der Waals surface area contributed by atoms with Crippen LogP contribution in [0.5, 0.6) is 0 Å². The van der Waals surface area contributed by atoms with E-state index in [1.54, 1.807) is 0 Å². The molecule has 145 valence electrons. The molecule has 0 aromatic rings. The minimum absolute atomic E-state index is 0. The summed E-state index contributed by atoms with van der Waals surface area (Å²) in [6, 6.07) is 0. The molecule has 1 rings (SSSR count). The van der Waals surface area contributed by atoms with Crippen molar-refractivity contribution in [3.8, 4) is 0 Å². The third-order valence-corrected chi connectivity index (χ3v) is 1.78. The van der Waals surface area contributed by atoms with Crippen LogP contribution in [-0.4, -0.2) is 79.5 Å². The molecule has 11 heteroatoms. The number of nitrogens with two attached hydrogens (primary N) is 2. The van der Waals surface area contributed by atoms with Gasteiger partial charge in [0.05, 0.1) is 5.66 Å². The van der Waals surface area contributed by atoms with Crippen LogP contribution < -0.4 is 11.5 Å². The Labute approximate surface area is 169 Å². The number of rotatable bonds is 0. The van der Waals surface area contributed by atoms with Crippen molar-refractivity contribution >= 4 is 53.4 Å². The number of hydrogen-bond acceptors (Lipinski definition) is 6. The Hall–Kier alpha value is -1.20. The van der Waals surface area contributed by atoms with Crippen LogP contribution in [0.1, 0.15) is 59.8 Å². The molecule has 0 bridgehead atoms. The summed E-state index contributed by atoms with van der Waals surface area (Å²) in [5, 5.41) is 29.7. The first-order valence-corrected chi connectivity index (χ1v) is 7.00. The first kappa shape index (κ1) is 35.0. The fourth-order valence-electron chi connectivity index (χ4n) is 1.21. The van der Waals surface area contributed by atoms with E-state index in [-0.39, 0.29) is 35.2 Å². The molecular weight excluding hydrogens is 347 g/mol. The van der Waals surface area contributed by atoms with Crippen molar-refractivity contribution in [3.63, 3.8) is 0 Å². The summed E-state index contributed by atoms with van der Waals surface area (Å²) in [7, 11) is 0. The zero-order chi connectivity index (χ0) is 20.3. The summed E-state index contributed by atoms with van der Waals surface area (Å²) >= 11 is 0. The summed E-state index contributed by atoms with van der Waals surface area (Å²) in [5.41, 5.74) is 11.0. The second-order valence-electron chi connectivity index (χ2n) is 4.87. The quantitative estimate of drug-likeness (QED) is 0.255. The van der Waals surface area contributed by atoms with Crippen molar-refractivity contribution in [2.75, 3.05) is 0 Å². The van der Waals surface area contributed by atoms with E-state index in [1.807, 2.05) is 0 Å². The molecule has 0 saturated heterocycles. The van der Waals surface area contributed by atoms with E-state index in [0.717, 1.165) is 40.5 Å². The molecule has 25 heavy (non-hydrogen) atoms. The van der Waals surface area contributed by atoms with Crippen molar-refractivity contribution < 1.29 is 39.6 Å². The molecule has 0 atom stereocenters. The topological polar surface area (TPSA) is 201 Å². The Morgan fingerprint density at radius 3 is 0.880 bits per heavy atom. The number of carbonyl (C=O) groups is 4. The number of hydrogen-bond donors (Lipinski definition) is 6. The Morgan fingerprint density at radius 1 is 0.640 bits per heavy atom. The van der Waals surface area contributed by atoms with Crippen LogP contribution in [0.25, 0.3) is 0 Å². The predicted octanol–water partition coefficient (Wildman–Crippen LogP) is 0.547. The van der Waals surface area contributed by atoms with E-state index in [2.05, 4.69) is 0 Å². The molecule has 10 nitrogen and oxygen atoms in total. The van der Waals surface area contributed by atoms with Crippen LogP contribution in [0.4, 0.5) is 0 Å². The maximum absolute atomic E-state index is 9.00. The van der Waals surface area contributed by atoms with E-state index in [9.17, 15) is 0 Å². The normalized spacial score (nSPS) is 12.9. The molecule has 0 amide bonds. The van der Waals surface area contributed by atoms with Crippen LogP contribution in [0.3, 0.4) is 0 Å². The Kier molecular flexibility index (Phi) is 31.9. The van der Waals surface area contributed by atoms with Crippen molar-refractivity contribution in [2.45, 2.75) is 65.5 Å². The SMILES string of the molecule is CC(=O)O.CC(=O)O.CC(=O)O.CC(=O)O.NC1(N)CCCCC1.[Na]. The van der Waals surface area contributed by atoms with Crippen LogP contribution in [0.2, 0.25) is 0 Å². The predicted molar refractivity (Wildman–Crippen MR) is 93.2 cm³/mol. The third kappa shape index (κ3) is 127. The van der Waals surface area contributed by atoms with Gasteiger partial charge in [-0.15, -0.1) is 0 Å². The van der Waals surface area contributed by atoms with Gasteiger partial charge in [-0.3, -0.25) is 19.2 Å². The second-order valence-corrected chi connectivity index (χ2v) is 4.87. The molecule has 1 aliphatic rings. The fourth-order valence-corrected chi connectivity index (χ4v) is 1.21. The van der Waals surface area contributed by atoms with Gasteiger partial charge in [-0.05, 0) is 12.8 Å². The Bertz CT molecular complexity index is 304. The number of carboxylic acid groups (broad SMARTS) is 4. The third-order valence-electron chi connectivity index (χ3n) is 1.78.